The van der Waals surface area contributed by atoms with Crippen molar-refractivity contribution >= 4 is 12.3 Å². The van der Waals surface area contributed by atoms with Gasteiger partial charge in [-0.15, -0.1) is 0 Å². The maximum atomic E-state index is 9.60. The SMILES string of the molecule is C1COOC1.O=C([O-])OCCOC(=O)O. The van der Waals surface area contributed by atoms with Crippen LogP contribution in [0.15, 0.2) is 0 Å². The molecule has 0 aromatic heterocycles. The van der Waals surface area contributed by atoms with E-state index in [4.69, 9.17) is 5.11 Å². The molecule has 1 aliphatic rings. The summed E-state index contributed by atoms with van der Waals surface area (Å²) in [6.07, 6.45) is -2.11. The first kappa shape index (κ1) is 13.5. The fraction of sp³-hybridized carbons (Fsp3) is 0.714. The summed E-state index contributed by atoms with van der Waals surface area (Å²) >= 11 is 0. The summed E-state index contributed by atoms with van der Waals surface area (Å²) in [5.74, 6) is 0. The van der Waals surface area contributed by atoms with E-state index in [2.05, 4.69) is 19.2 Å². The molecule has 1 aliphatic heterocycles. The summed E-state index contributed by atoms with van der Waals surface area (Å²) < 4.78 is 7.70. The lowest BCUT2D eigenvalue weighted by atomic mass is 10.5. The molecule has 0 amide bonds. The lowest BCUT2D eigenvalue weighted by Crippen LogP contribution is -2.25. The molecule has 1 fully saturated rings. The van der Waals surface area contributed by atoms with E-state index in [1.54, 1.807) is 0 Å². The molecule has 15 heavy (non-hydrogen) atoms. The largest absolute Gasteiger partial charge is 0.546 e. The fourth-order valence-corrected chi connectivity index (χ4v) is 0.549. The minimum atomic E-state index is -1.70. The first-order valence-electron chi connectivity index (χ1n) is 4.07. The van der Waals surface area contributed by atoms with Crippen molar-refractivity contribution in [2.75, 3.05) is 26.4 Å². The molecular weight excluding hydrogens is 212 g/mol. The number of ether oxygens (including phenoxy) is 2. The fourth-order valence-electron chi connectivity index (χ4n) is 0.549. The molecule has 1 rings (SSSR count). The summed E-state index contributed by atoms with van der Waals surface area (Å²) in [4.78, 5) is 28.0. The van der Waals surface area contributed by atoms with Crippen LogP contribution in [0.25, 0.3) is 0 Å². The van der Waals surface area contributed by atoms with Gasteiger partial charge in [0, 0.05) is 6.42 Å². The summed E-state index contributed by atoms with van der Waals surface area (Å²) in [5.41, 5.74) is 0. The van der Waals surface area contributed by atoms with E-state index in [0.29, 0.717) is 0 Å². The van der Waals surface area contributed by atoms with Gasteiger partial charge in [0.2, 0.25) is 0 Å². The van der Waals surface area contributed by atoms with E-state index in [1.165, 1.54) is 0 Å². The smallest absolute Gasteiger partial charge is 0.505 e. The number of carbonyl (C=O) groups excluding carboxylic acids is 1. The molecule has 0 bridgehead atoms. The highest BCUT2D eigenvalue weighted by molar-refractivity contribution is 5.56. The number of carbonyl (C=O) groups is 2. The average Bonchev–Trinajstić information content (AvgIpc) is 2.69. The monoisotopic (exact) mass is 223 g/mol. The molecule has 0 spiro atoms. The molecule has 0 radical (unpaired) electrons. The molecule has 1 heterocycles. The first-order valence-corrected chi connectivity index (χ1v) is 4.07. The van der Waals surface area contributed by atoms with E-state index < -0.39 is 12.3 Å². The zero-order chi connectivity index (χ0) is 11.5. The third kappa shape index (κ3) is 12.5. The Labute approximate surface area is 85.2 Å². The standard InChI is InChI=1S/C4H6O6.C3H6O2/c5-3(6)9-1-2-10-4(7)8;1-2-4-5-3-1/h1-2H2,(H,5,6)(H,7,8);1-3H2/p-1. The number of hydrogen-bond acceptors (Lipinski definition) is 7. The van der Waals surface area contributed by atoms with Gasteiger partial charge in [-0.25, -0.2) is 14.6 Å². The van der Waals surface area contributed by atoms with Crippen LogP contribution in [0.2, 0.25) is 0 Å². The Bertz CT molecular complexity index is 164. The zero-order valence-corrected chi connectivity index (χ0v) is 7.84. The topological polar surface area (TPSA) is 114 Å². The van der Waals surface area contributed by atoms with E-state index >= 15 is 0 Å². The average molecular weight is 223 g/mol. The van der Waals surface area contributed by atoms with Crippen LogP contribution in [0.4, 0.5) is 9.59 Å². The second-order valence-electron chi connectivity index (χ2n) is 2.21. The Morgan fingerprint density at radius 2 is 1.73 bits per heavy atom. The van der Waals surface area contributed by atoms with Gasteiger partial charge in [0.05, 0.1) is 19.8 Å². The summed E-state index contributed by atoms with van der Waals surface area (Å²) in [7, 11) is 0. The van der Waals surface area contributed by atoms with Gasteiger partial charge in [0.25, 0.3) is 6.16 Å². The maximum Gasteiger partial charge on any atom is 0.505 e. The van der Waals surface area contributed by atoms with Gasteiger partial charge in [-0.05, 0) is 0 Å². The van der Waals surface area contributed by atoms with E-state index in [9.17, 15) is 14.7 Å². The van der Waals surface area contributed by atoms with Crippen LogP contribution in [-0.4, -0.2) is 43.8 Å². The highest BCUT2D eigenvalue weighted by atomic mass is 17.2. The predicted molar refractivity (Wildman–Crippen MR) is 41.8 cm³/mol. The highest BCUT2D eigenvalue weighted by Crippen LogP contribution is 1.93. The van der Waals surface area contributed by atoms with Crippen molar-refractivity contribution in [2.45, 2.75) is 6.42 Å². The van der Waals surface area contributed by atoms with Gasteiger partial charge < -0.3 is 24.5 Å². The van der Waals surface area contributed by atoms with Crippen LogP contribution < -0.4 is 5.11 Å². The quantitative estimate of drug-likeness (QED) is 0.382. The Morgan fingerprint density at radius 3 is 2.07 bits per heavy atom. The Morgan fingerprint density at radius 1 is 1.20 bits per heavy atom. The van der Waals surface area contributed by atoms with Gasteiger partial charge >= 0.3 is 6.16 Å². The molecule has 0 atom stereocenters. The van der Waals surface area contributed by atoms with Crippen LogP contribution >= 0.6 is 0 Å². The lowest BCUT2D eigenvalue weighted by molar-refractivity contribution is -0.283. The molecule has 0 unspecified atom stereocenters. The molecule has 0 saturated carbocycles. The Hall–Kier alpha value is -1.54. The van der Waals surface area contributed by atoms with Crippen LogP contribution in [0, 0.1) is 0 Å². The molecule has 1 N–H and O–H groups in total. The number of carboxylic acid groups (broad SMARTS) is 2. The molecular formula is C7H11O8-. The third-order valence-electron chi connectivity index (χ3n) is 1.07. The molecule has 8 nitrogen and oxygen atoms in total. The third-order valence-corrected chi connectivity index (χ3v) is 1.07. The van der Waals surface area contributed by atoms with Crippen LogP contribution in [0.1, 0.15) is 6.42 Å². The number of hydrogen-bond donors (Lipinski definition) is 1. The second kappa shape index (κ2) is 9.03. The van der Waals surface area contributed by atoms with Crippen molar-refractivity contribution in [1.82, 2.24) is 0 Å². The molecule has 0 aliphatic carbocycles. The molecule has 0 aromatic carbocycles. The molecule has 88 valence electrons. The van der Waals surface area contributed by atoms with Crippen molar-refractivity contribution in [3.8, 4) is 0 Å². The first-order chi connectivity index (χ1) is 7.13. The highest BCUT2D eigenvalue weighted by Gasteiger charge is 1.95. The minimum Gasteiger partial charge on any atom is -0.546 e. The van der Waals surface area contributed by atoms with Crippen molar-refractivity contribution in [2.24, 2.45) is 0 Å². The van der Waals surface area contributed by atoms with Gasteiger partial charge in [0.1, 0.15) is 6.61 Å². The lowest BCUT2D eigenvalue weighted by Gasteiger charge is -2.05. The Kier molecular flexibility index (Phi) is 8.10. The minimum absolute atomic E-state index is 0.316. The van der Waals surface area contributed by atoms with Crippen molar-refractivity contribution in [3.63, 3.8) is 0 Å². The van der Waals surface area contributed by atoms with Gasteiger partial charge in [0.15, 0.2) is 0 Å². The van der Waals surface area contributed by atoms with Crippen molar-refractivity contribution in [3.05, 3.63) is 0 Å². The van der Waals surface area contributed by atoms with E-state index in [0.717, 1.165) is 19.6 Å². The van der Waals surface area contributed by atoms with Crippen molar-refractivity contribution in [1.29, 1.82) is 0 Å². The van der Waals surface area contributed by atoms with Crippen molar-refractivity contribution < 1.29 is 39.1 Å². The summed E-state index contributed by atoms with van der Waals surface area (Å²) in [5, 5.41) is 17.3. The van der Waals surface area contributed by atoms with Crippen LogP contribution in [0.3, 0.4) is 0 Å². The van der Waals surface area contributed by atoms with Gasteiger partial charge in [-0.2, -0.15) is 0 Å². The second-order valence-corrected chi connectivity index (χ2v) is 2.21. The molecule has 1 saturated heterocycles. The Balaban J connectivity index is 0.000000322. The normalized spacial score (nSPS) is 13.6. The van der Waals surface area contributed by atoms with Crippen LogP contribution in [-0.2, 0) is 19.2 Å². The molecule has 0 aromatic rings. The van der Waals surface area contributed by atoms with E-state index in [1.807, 2.05) is 0 Å². The summed E-state index contributed by atoms with van der Waals surface area (Å²) in [6, 6.07) is 0. The summed E-state index contributed by atoms with van der Waals surface area (Å²) in [6.45, 7) is 0.901. The van der Waals surface area contributed by atoms with E-state index in [-0.39, 0.29) is 13.2 Å². The number of rotatable bonds is 3. The van der Waals surface area contributed by atoms with Crippen LogP contribution in [0.5, 0.6) is 0 Å². The zero-order valence-electron chi connectivity index (χ0n) is 7.84. The predicted octanol–water partition coefficient (Wildman–Crippen LogP) is -0.621. The van der Waals surface area contributed by atoms with Gasteiger partial charge in [-0.3, -0.25) is 0 Å². The molecule has 8 heteroatoms. The van der Waals surface area contributed by atoms with Gasteiger partial charge in [-0.1, -0.05) is 0 Å². The maximum absolute atomic E-state index is 9.60.